The summed E-state index contributed by atoms with van der Waals surface area (Å²) in [4.78, 5) is 6.25. The fourth-order valence-electron chi connectivity index (χ4n) is 1.05. The largest absolute Gasteiger partial charge is 0.451 e. The first kappa shape index (κ1) is 8.27. The molecule has 0 amide bonds. The van der Waals surface area contributed by atoms with Gasteiger partial charge in [0.15, 0.2) is 6.39 Å². The normalized spacial score (nSPS) is 10.8. The van der Waals surface area contributed by atoms with Gasteiger partial charge in [0.25, 0.3) is 0 Å². The molecule has 0 aromatic carbocycles. The van der Waals surface area contributed by atoms with E-state index in [-0.39, 0.29) is 0 Å². The molecule has 0 saturated carbocycles. The average molecular weight is 154 g/mol. The summed E-state index contributed by atoms with van der Waals surface area (Å²) in [5.74, 6) is 0. The van der Waals surface area contributed by atoms with E-state index in [0.29, 0.717) is 0 Å². The predicted octanol–water partition coefficient (Wildman–Crippen LogP) is 1.52. The minimum Gasteiger partial charge on any atom is -0.451 e. The van der Waals surface area contributed by atoms with Gasteiger partial charge >= 0.3 is 0 Å². The summed E-state index contributed by atoms with van der Waals surface area (Å²) in [5.41, 5.74) is 1.00. The number of oxazole rings is 1. The molecule has 0 fully saturated rings. The van der Waals surface area contributed by atoms with E-state index < -0.39 is 0 Å². The Morgan fingerprint density at radius 2 is 2.45 bits per heavy atom. The van der Waals surface area contributed by atoms with E-state index in [1.165, 1.54) is 12.8 Å². The van der Waals surface area contributed by atoms with E-state index in [1.807, 2.05) is 0 Å². The lowest BCUT2D eigenvalue weighted by molar-refractivity contribution is 0.323. The molecule has 0 spiro atoms. The van der Waals surface area contributed by atoms with Crippen molar-refractivity contribution in [1.29, 1.82) is 0 Å². The van der Waals surface area contributed by atoms with Crippen molar-refractivity contribution in [3.63, 3.8) is 0 Å². The standard InChI is InChI=1S/C8H14N2O/c1-3-4-10(2)5-8-6-11-7-9-8/h6-7H,3-5H2,1-2H3. The van der Waals surface area contributed by atoms with E-state index in [4.69, 9.17) is 4.42 Å². The Morgan fingerprint density at radius 3 is 3.00 bits per heavy atom. The van der Waals surface area contributed by atoms with E-state index in [9.17, 15) is 0 Å². The number of nitrogens with zero attached hydrogens (tertiary/aromatic N) is 2. The lowest BCUT2D eigenvalue weighted by Crippen LogP contribution is -2.18. The second-order valence-electron chi connectivity index (χ2n) is 2.72. The van der Waals surface area contributed by atoms with Crippen molar-refractivity contribution >= 4 is 0 Å². The van der Waals surface area contributed by atoms with Gasteiger partial charge in [0.1, 0.15) is 6.26 Å². The van der Waals surface area contributed by atoms with Crippen molar-refractivity contribution in [1.82, 2.24) is 9.88 Å². The first-order valence-electron chi connectivity index (χ1n) is 3.88. The van der Waals surface area contributed by atoms with Gasteiger partial charge in [0.05, 0.1) is 5.69 Å². The van der Waals surface area contributed by atoms with E-state index in [1.54, 1.807) is 6.26 Å². The van der Waals surface area contributed by atoms with Crippen molar-refractivity contribution in [2.75, 3.05) is 13.6 Å². The van der Waals surface area contributed by atoms with Gasteiger partial charge in [-0.05, 0) is 20.0 Å². The molecular weight excluding hydrogens is 140 g/mol. The molecule has 0 aliphatic heterocycles. The van der Waals surface area contributed by atoms with Gasteiger partial charge in [-0.1, -0.05) is 6.92 Å². The highest BCUT2D eigenvalue weighted by atomic mass is 16.3. The molecule has 0 aliphatic carbocycles. The molecule has 3 nitrogen and oxygen atoms in total. The molecule has 0 radical (unpaired) electrons. The summed E-state index contributed by atoms with van der Waals surface area (Å²) in [5, 5.41) is 0. The molecule has 11 heavy (non-hydrogen) atoms. The van der Waals surface area contributed by atoms with Crippen LogP contribution in [0, 0.1) is 0 Å². The fourth-order valence-corrected chi connectivity index (χ4v) is 1.05. The van der Waals surface area contributed by atoms with E-state index >= 15 is 0 Å². The topological polar surface area (TPSA) is 29.3 Å². The lowest BCUT2D eigenvalue weighted by Gasteiger charge is -2.12. The van der Waals surface area contributed by atoms with Crippen LogP contribution in [0.25, 0.3) is 0 Å². The third-order valence-corrected chi connectivity index (χ3v) is 1.52. The van der Waals surface area contributed by atoms with Crippen LogP contribution in [0.2, 0.25) is 0 Å². The van der Waals surface area contributed by atoms with Crippen LogP contribution >= 0.6 is 0 Å². The van der Waals surface area contributed by atoms with Crippen molar-refractivity contribution in [3.8, 4) is 0 Å². The molecule has 1 heterocycles. The molecule has 1 aromatic rings. The minimum atomic E-state index is 0.879. The second-order valence-corrected chi connectivity index (χ2v) is 2.72. The van der Waals surface area contributed by atoms with Gasteiger partial charge in [-0.15, -0.1) is 0 Å². The van der Waals surface area contributed by atoms with Crippen LogP contribution in [0.1, 0.15) is 19.0 Å². The van der Waals surface area contributed by atoms with Crippen LogP contribution < -0.4 is 0 Å². The van der Waals surface area contributed by atoms with Gasteiger partial charge in [0, 0.05) is 6.54 Å². The number of rotatable bonds is 4. The van der Waals surface area contributed by atoms with E-state index in [2.05, 4.69) is 23.9 Å². The molecule has 0 atom stereocenters. The monoisotopic (exact) mass is 154 g/mol. The summed E-state index contributed by atoms with van der Waals surface area (Å²) >= 11 is 0. The summed E-state index contributed by atoms with van der Waals surface area (Å²) in [7, 11) is 2.08. The lowest BCUT2D eigenvalue weighted by atomic mass is 10.4. The van der Waals surface area contributed by atoms with Gasteiger partial charge in [-0.3, -0.25) is 0 Å². The Labute approximate surface area is 67.0 Å². The molecule has 62 valence electrons. The van der Waals surface area contributed by atoms with Gasteiger partial charge in [-0.25, -0.2) is 4.98 Å². The Hall–Kier alpha value is -0.830. The summed E-state index contributed by atoms with van der Waals surface area (Å²) in [6.45, 7) is 4.15. The quantitative estimate of drug-likeness (QED) is 0.658. The summed E-state index contributed by atoms with van der Waals surface area (Å²) < 4.78 is 4.86. The number of hydrogen-bond acceptors (Lipinski definition) is 3. The van der Waals surface area contributed by atoms with E-state index in [0.717, 1.165) is 18.8 Å². The maximum atomic E-state index is 4.86. The van der Waals surface area contributed by atoms with Gasteiger partial charge in [-0.2, -0.15) is 0 Å². The van der Waals surface area contributed by atoms with Crippen molar-refractivity contribution in [2.45, 2.75) is 19.9 Å². The third-order valence-electron chi connectivity index (χ3n) is 1.52. The van der Waals surface area contributed by atoms with Crippen molar-refractivity contribution in [2.24, 2.45) is 0 Å². The molecule has 1 rings (SSSR count). The molecule has 0 unspecified atom stereocenters. The Kier molecular flexibility index (Phi) is 3.11. The summed E-state index contributed by atoms with van der Waals surface area (Å²) in [6.07, 6.45) is 4.33. The zero-order valence-corrected chi connectivity index (χ0v) is 7.08. The molecule has 0 bridgehead atoms. The zero-order chi connectivity index (χ0) is 8.10. The maximum Gasteiger partial charge on any atom is 0.180 e. The smallest absolute Gasteiger partial charge is 0.180 e. The first-order valence-corrected chi connectivity index (χ1v) is 3.88. The van der Waals surface area contributed by atoms with Gasteiger partial charge < -0.3 is 9.32 Å². The van der Waals surface area contributed by atoms with Crippen LogP contribution in [0.4, 0.5) is 0 Å². The average Bonchev–Trinajstić information content (AvgIpc) is 2.40. The van der Waals surface area contributed by atoms with Crippen LogP contribution in [0.3, 0.4) is 0 Å². The molecule has 0 saturated heterocycles. The van der Waals surface area contributed by atoms with Crippen molar-refractivity contribution in [3.05, 3.63) is 18.4 Å². The van der Waals surface area contributed by atoms with Crippen LogP contribution in [-0.4, -0.2) is 23.5 Å². The van der Waals surface area contributed by atoms with Gasteiger partial charge in [0.2, 0.25) is 0 Å². The fraction of sp³-hybridized carbons (Fsp3) is 0.625. The summed E-state index contributed by atoms with van der Waals surface area (Å²) in [6, 6.07) is 0. The minimum absolute atomic E-state index is 0.879. The van der Waals surface area contributed by atoms with Crippen LogP contribution in [0.15, 0.2) is 17.1 Å². The second kappa shape index (κ2) is 4.13. The van der Waals surface area contributed by atoms with Crippen LogP contribution in [0.5, 0.6) is 0 Å². The SMILES string of the molecule is CCCN(C)Cc1cocn1. The molecule has 0 aliphatic rings. The van der Waals surface area contributed by atoms with Crippen LogP contribution in [-0.2, 0) is 6.54 Å². The third kappa shape index (κ3) is 2.72. The maximum absolute atomic E-state index is 4.86. The molecular formula is C8H14N2O. The highest BCUT2D eigenvalue weighted by molar-refractivity contribution is 4.89. The number of aromatic nitrogens is 1. The Morgan fingerprint density at radius 1 is 1.64 bits per heavy atom. The predicted molar refractivity (Wildman–Crippen MR) is 43.1 cm³/mol. The zero-order valence-electron chi connectivity index (χ0n) is 7.08. The Bertz CT molecular complexity index is 184. The highest BCUT2D eigenvalue weighted by Gasteiger charge is 1.99. The molecule has 0 N–H and O–H groups in total. The highest BCUT2D eigenvalue weighted by Crippen LogP contribution is 1.99. The molecule has 3 heteroatoms. The Balaban J connectivity index is 2.31. The van der Waals surface area contributed by atoms with Crippen molar-refractivity contribution < 1.29 is 4.42 Å². The number of hydrogen-bond donors (Lipinski definition) is 0. The molecule has 1 aromatic heterocycles. The first-order chi connectivity index (χ1) is 5.33.